The standard InChI is InChI=1S/C13H17BrN2O/c14-11-5-3-10(4-6-11)12(15)9-13(17)16-7-1-2-8-16/h3-6,12H,1-2,7-9,15H2. The summed E-state index contributed by atoms with van der Waals surface area (Å²) >= 11 is 3.38. The maximum Gasteiger partial charge on any atom is 0.224 e. The van der Waals surface area contributed by atoms with Gasteiger partial charge >= 0.3 is 0 Å². The summed E-state index contributed by atoms with van der Waals surface area (Å²) in [6.45, 7) is 1.79. The van der Waals surface area contributed by atoms with Crippen molar-refractivity contribution in [1.29, 1.82) is 0 Å². The molecule has 1 heterocycles. The third kappa shape index (κ3) is 3.30. The molecule has 0 spiro atoms. The Balaban J connectivity index is 1.93. The monoisotopic (exact) mass is 296 g/mol. The van der Waals surface area contributed by atoms with Crippen LogP contribution < -0.4 is 5.73 Å². The lowest BCUT2D eigenvalue weighted by Crippen LogP contribution is -2.30. The molecule has 0 aromatic heterocycles. The largest absolute Gasteiger partial charge is 0.343 e. The lowest BCUT2D eigenvalue weighted by atomic mass is 10.0. The van der Waals surface area contributed by atoms with Gasteiger partial charge < -0.3 is 10.6 Å². The average Bonchev–Trinajstić information content (AvgIpc) is 2.83. The number of carbonyl (C=O) groups excluding carboxylic acids is 1. The summed E-state index contributed by atoms with van der Waals surface area (Å²) in [5.74, 6) is 0.179. The molecule has 1 aromatic rings. The molecule has 4 heteroatoms. The highest BCUT2D eigenvalue weighted by Gasteiger charge is 2.20. The fourth-order valence-corrected chi connectivity index (χ4v) is 2.38. The number of carbonyl (C=O) groups is 1. The van der Waals surface area contributed by atoms with Crippen molar-refractivity contribution >= 4 is 21.8 Å². The molecule has 17 heavy (non-hydrogen) atoms. The Morgan fingerprint density at radius 2 is 1.88 bits per heavy atom. The van der Waals surface area contributed by atoms with Crippen molar-refractivity contribution < 1.29 is 4.79 Å². The number of hydrogen-bond donors (Lipinski definition) is 1. The SMILES string of the molecule is NC(CC(=O)N1CCCC1)c1ccc(Br)cc1. The van der Waals surface area contributed by atoms with Gasteiger partial charge in [-0.3, -0.25) is 4.79 Å². The highest BCUT2D eigenvalue weighted by atomic mass is 79.9. The van der Waals surface area contributed by atoms with Gasteiger partial charge in [0.25, 0.3) is 0 Å². The zero-order chi connectivity index (χ0) is 12.3. The second kappa shape index (κ2) is 5.65. The quantitative estimate of drug-likeness (QED) is 0.931. The average molecular weight is 297 g/mol. The van der Waals surface area contributed by atoms with Crippen molar-refractivity contribution in [1.82, 2.24) is 4.90 Å². The first-order valence-corrected chi connectivity index (χ1v) is 6.75. The van der Waals surface area contributed by atoms with Crippen LogP contribution >= 0.6 is 15.9 Å². The highest BCUT2D eigenvalue weighted by molar-refractivity contribution is 9.10. The molecule has 2 N–H and O–H groups in total. The molecule has 3 nitrogen and oxygen atoms in total. The highest BCUT2D eigenvalue weighted by Crippen LogP contribution is 2.19. The van der Waals surface area contributed by atoms with E-state index in [9.17, 15) is 4.79 Å². The minimum Gasteiger partial charge on any atom is -0.343 e. The Morgan fingerprint density at radius 1 is 1.29 bits per heavy atom. The number of amides is 1. The van der Waals surface area contributed by atoms with E-state index >= 15 is 0 Å². The summed E-state index contributed by atoms with van der Waals surface area (Å²) in [5, 5.41) is 0. The number of halogens is 1. The van der Waals surface area contributed by atoms with Gasteiger partial charge in [-0.1, -0.05) is 28.1 Å². The zero-order valence-corrected chi connectivity index (χ0v) is 11.3. The second-order valence-corrected chi connectivity index (χ2v) is 5.37. The van der Waals surface area contributed by atoms with Crippen LogP contribution in [0.25, 0.3) is 0 Å². The maximum atomic E-state index is 11.9. The number of hydrogen-bond acceptors (Lipinski definition) is 2. The van der Waals surface area contributed by atoms with Crippen LogP contribution in [-0.2, 0) is 4.79 Å². The lowest BCUT2D eigenvalue weighted by Gasteiger charge is -2.18. The van der Waals surface area contributed by atoms with Crippen LogP contribution in [0.1, 0.15) is 30.9 Å². The molecular formula is C13H17BrN2O. The molecule has 1 aliphatic rings. The van der Waals surface area contributed by atoms with Crippen molar-refractivity contribution in [2.45, 2.75) is 25.3 Å². The molecular weight excluding hydrogens is 280 g/mol. The van der Waals surface area contributed by atoms with Gasteiger partial charge in [0.1, 0.15) is 0 Å². The predicted molar refractivity (Wildman–Crippen MR) is 71.5 cm³/mol. The first-order chi connectivity index (χ1) is 8.16. The maximum absolute atomic E-state index is 11.9. The lowest BCUT2D eigenvalue weighted by molar-refractivity contribution is -0.130. The minimum atomic E-state index is -0.198. The van der Waals surface area contributed by atoms with E-state index in [-0.39, 0.29) is 11.9 Å². The van der Waals surface area contributed by atoms with Crippen LogP contribution in [0, 0.1) is 0 Å². The van der Waals surface area contributed by atoms with E-state index in [0.717, 1.165) is 36.0 Å². The molecule has 1 amide bonds. The van der Waals surface area contributed by atoms with Gasteiger partial charge in [0.15, 0.2) is 0 Å². The number of nitrogens with zero attached hydrogens (tertiary/aromatic N) is 1. The van der Waals surface area contributed by atoms with Crippen molar-refractivity contribution in [3.8, 4) is 0 Å². The van der Waals surface area contributed by atoms with Crippen LogP contribution in [0.5, 0.6) is 0 Å². The van der Waals surface area contributed by atoms with Gasteiger partial charge in [-0.25, -0.2) is 0 Å². The molecule has 1 saturated heterocycles. The number of benzene rings is 1. The van der Waals surface area contributed by atoms with Crippen molar-refractivity contribution in [2.75, 3.05) is 13.1 Å². The molecule has 92 valence electrons. The van der Waals surface area contributed by atoms with Crippen molar-refractivity contribution in [2.24, 2.45) is 5.73 Å². The van der Waals surface area contributed by atoms with Crippen LogP contribution in [0.15, 0.2) is 28.7 Å². The van der Waals surface area contributed by atoms with Crippen molar-refractivity contribution in [3.05, 3.63) is 34.3 Å². The van der Waals surface area contributed by atoms with Crippen molar-refractivity contribution in [3.63, 3.8) is 0 Å². The van der Waals surface area contributed by atoms with Crippen LogP contribution in [-0.4, -0.2) is 23.9 Å². The molecule has 0 radical (unpaired) electrons. The Kier molecular flexibility index (Phi) is 4.18. The van der Waals surface area contributed by atoms with Gasteiger partial charge in [0.05, 0.1) is 0 Å². The van der Waals surface area contributed by atoms with Gasteiger partial charge in [-0.15, -0.1) is 0 Å². The Bertz CT molecular complexity index is 385. The molecule has 2 rings (SSSR count). The predicted octanol–water partition coefficient (Wildman–Crippen LogP) is 2.46. The first kappa shape index (κ1) is 12.6. The molecule has 1 fully saturated rings. The fraction of sp³-hybridized carbons (Fsp3) is 0.462. The second-order valence-electron chi connectivity index (χ2n) is 4.45. The van der Waals surface area contributed by atoms with E-state index in [1.807, 2.05) is 29.2 Å². The smallest absolute Gasteiger partial charge is 0.224 e. The van der Waals surface area contributed by atoms with Gasteiger partial charge in [0, 0.05) is 30.0 Å². The summed E-state index contributed by atoms with van der Waals surface area (Å²) in [5.41, 5.74) is 7.07. The van der Waals surface area contributed by atoms with E-state index in [1.54, 1.807) is 0 Å². The van der Waals surface area contributed by atoms with E-state index in [2.05, 4.69) is 15.9 Å². The molecule has 0 aliphatic carbocycles. The third-order valence-corrected chi connectivity index (χ3v) is 3.68. The summed E-state index contributed by atoms with van der Waals surface area (Å²) in [7, 11) is 0. The summed E-state index contributed by atoms with van der Waals surface area (Å²) < 4.78 is 1.03. The number of nitrogens with two attached hydrogens (primary N) is 1. The Labute approximate surface area is 110 Å². The molecule has 0 saturated carbocycles. The molecule has 0 bridgehead atoms. The molecule has 1 aliphatic heterocycles. The van der Waals surface area contributed by atoms with Crippen LogP contribution in [0.4, 0.5) is 0 Å². The molecule has 1 unspecified atom stereocenters. The summed E-state index contributed by atoms with van der Waals surface area (Å²) in [4.78, 5) is 13.8. The zero-order valence-electron chi connectivity index (χ0n) is 9.73. The van der Waals surface area contributed by atoms with E-state index in [4.69, 9.17) is 5.73 Å². The normalized spacial score (nSPS) is 17.2. The van der Waals surface area contributed by atoms with E-state index < -0.39 is 0 Å². The Hall–Kier alpha value is -0.870. The van der Waals surface area contributed by atoms with Gasteiger partial charge in [-0.2, -0.15) is 0 Å². The number of likely N-dealkylation sites (tertiary alicyclic amines) is 1. The van der Waals surface area contributed by atoms with Crippen LogP contribution in [0.3, 0.4) is 0 Å². The van der Waals surface area contributed by atoms with Gasteiger partial charge in [0.2, 0.25) is 5.91 Å². The van der Waals surface area contributed by atoms with Crippen LogP contribution in [0.2, 0.25) is 0 Å². The topological polar surface area (TPSA) is 46.3 Å². The summed E-state index contributed by atoms with van der Waals surface area (Å²) in [6, 6.07) is 7.64. The minimum absolute atomic E-state index is 0.179. The van der Waals surface area contributed by atoms with Gasteiger partial charge in [-0.05, 0) is 30.5 Å². The van der Waals surface area contributed by atoms with E-state index in [0.29, 0.717) is 6.42 Å². The third-order valence-electron chi connectivity index (χ3n) is 3.15. The molecule has 1 atom stereocenters. The molecule has 1 aromatic carbocycles. The summed E-state index contributed by atoms with van der Waals surface area (Å²) in [6.07, 6.45) is 2.65. The fourth-order valence-electron chi connectivity index (χ4n) is 2.11. The first-order valence-electron chi connectivity index (χ1n) is 5.95. The van der Waals surface area contributed by atoms with E-state index in [1.165, 1.54) is 0 Å². The number of rotatable bonds is 3. The Morgan fingerprint density at radius 3 is 2.47 bits per heavy atom.